The van der Waals surface area contributed by atoms with Gasteiger partial charge in [0, 0.05) is 0 Å². The molecule has 1 aromatic rings. The van der Waals surface area contributed by atoms with Crippen LogP contribution in [-0.2, 0) is 6.42 Å². The molecule has 1 rings (SSSR count). The number of unbranched alkanes of at least 4 members (excludes halogenated alkanes) is 5. The van der Waals surface area contributed by atoms with Gasteiger partial charge in [-0.2, -0.15) is 0 Å². The lowest BCUT2D eigenvalue weighted by Crippen LogP contribution is -2.17. The van der Waals surface area contributed by atoms with Crippen molar-refractivity contribution < 1.29 is 4.74 Å². The highest BCUT2D eigenvalue weighted by Crippen LogP contribution is 2.23. The van der Waals surface area contributed by atoms with Gasteiger partial charge in [-0.3, -0.25) is 0 Å². The van der Waals surface area contributed by atoms with Crippen LogP contribution in [0.25, 0.3) is 0 Å². The predicted molar refractivity (Wildman–Crippen MR) is 87.2 cm³/mol. The van der Waals surface area contributed by atoms with Crippen LogP contribution in [0.3, 0.4) is 0 Å². The lowest BCUT2D eigenvalue weighted by molar-refractivity contribution is 0.398. The maximum Gasteiger partial charge on any atom is 0.122 e. The van der Waals surface area contributed by atoms with E-state index in [-0.39, 0.29) is 0 Å². The highest BCUT2D eigenvalue weighted by Gasteiger charge is 2.10. The molecule has 2 heteroatoms. The molecule has 0 saturated carbocycles. The lowest BCUT2D eigenvalue weighted by atomic mass is 9.93. The van der Waals surface area contributed by atoms with Gasteiger partial charge < -0.3 is 10.5 Å². The number of rotatable bonds is 11. The fourth-order valence-corrected chi connectivity index (χ4v) is 2.70. The van der Waals surface area contributed by atoms with Gasteiger partial charge in [-0.25, -0.2) is 0 Å². The SMILES string of the molecule is CCCCCCCCC(CN)Cc1ccccc1OC. The van der Waals surface area contributed by atoms with Crippen molar-refractivity contribution in [3.63, 3.8) is 0 Å². The van der Waals surface area contributed by atoms with Crippen LogP contribution in [0.2, 0.25) is 0 Å². The summed E-state index contributed by atoms with van der Waals surface area (Å²) in [5.41, 5.74) is 7.22. The second-order valence-corrected chi connectivity index (χ2v) is 5.67. The summed E-state index contributed by atoms with van der Waals surface area (Å²) in [6, 6.07) is 8.29. The van der Waals surface area contributed by atoms with Crippen LogP contribution in [-0.4, -0.2) is 13.7 Å². The topological polar surface area (TPSA) is 35.2 Å². The van der Waals surface area contributed by atoms with E-state index in [1.807, 2.05) is 12.1 Å². The molecule has 0 aliphatic heterocycles. The quantitative estimate of drug-likeness (QED) is 0.602. The Kier molecular flexibility index (Phi) is 9.14. The van der Waals surface area contributed by atoms with Crippen molar-refractivity contribution in [2.45, 2.75) is 58.3 Å². The van der Waals surface area contributed by atoms with Gasteiger partial charge in [-0.15, -0.1) is 0 Å². The largest absolute Gasteiger partial charge is 0.496 e. The monoisotopic (exact) mass is 277 g/mol. The van der Waals surface area contributed by atoms with Gasteiger partial charge in [0.25, 0.3) is 0 Å². The van der Waals surface area contributed by atoms with Crippen LogP contribution >= 0.6 is 0 Å². The van der Waals surface area contributed by atoms with Gasteiger partial charge in [0.2, 0.25) is 0 Å². The van der Waals surface area contributed by atoms with E-state index < -0.39 is 0 Å². The third kappa shape index (κ3) is 6.42. The van der Waals surface area contributed by atoms with E-state index in [1.54, 1.807) is 7.11 Å². The van der Waals surface area contributed by atoms with Gasteiger partial charge in [0.15, 0.2) is 0 Å². The highest BCUT2D eigenvalue weighted by atomic mass is 16.5. The number of ether oxygens (including phenoxy) is 1. The fourth-order valence-electron chi connectivity index (χ4n) is 2.70. The van der Waals surface area contributed by atoms with Gasteiger partial charge in [-0.05, 0) is 36.9 Å². The van der Waals surface area contributed by atoms with Crippen LogP contribution in [0.4, 0.5) is 0 Å². The van der Waals surface area contributed by atoms with E-state index in [2.05, 4.69) is 19.1 Å². The Hall–Kier alpha value is -1.02. The second kappa shape index (κ2) is 10.7. The van der Waals surface area contributed by atoms with E-state index in [4.69, 9.17) is 10.5 Å². The first-order valence-electron chi connectivity index (χ1n) is 8.13. The zero-order chi connectivity index (χ0) is 14.6. The molecule has 1 aromatic carbocycles. The zero-order valence-corrected chi connectivity index (χ0v) is 13.2. The lowest BCUT2D eigenvalue weighted by Gasteiger charge is -2.16. The summed E-state index contributed by atoms with van der Waals surface area (Å²) in [4.78, 5) is 0. The van der Waals surface area contributed by atoms with Gasteiger partial charge in [0.05, 0.1) is 7.11 Å². The summed E-state index contributed by atoms with van der Waals surface area (Å²) in [6.45, 7) is 3.03. The van der Waals surface area contributed by atoms with Crippen LogP contribution in [0, 0.1) is 5.92 Å². The van der Waals surface area contributed by atoms with Gasteiger partial charge in [-0.1, -0.05) is 63.6 Å². The summed E-state index contributed by atoms with van der Waals surface area (Å²) in [7, 11) is 1.74. The first-order valence-corrected chi connectivity index (χ1v) is 8.13. The van der Waals surface area contributed by atoms with Crippen molar-refractivity contribution in [2.24, 2.45) is 11.7 Å². The van der Waals surface area contributed by atoms with E-state index in [0.29, 0.717) is 5.92 Å². The molecular formula is C18H31NO. The Labute approximate surface area is 124 Å². The summed E-state index contributed by atoms with van der Waals surface area (Å²) in [5.74, 6) is 1.58. The number of hydrogen-bond acceptors (Lipinski definition) is 2. The second-order valence-electron chi connectivity index (χ2n) is 5.67. The Balaban J connectivity index is 2.31. The Morgan fingerprint density at radius 3 is 2.45 bits per heavy atom. The van der Waals surface area contributed by atoms with Crippen LogP contribution < -0.4 is 10.5 Å². The standard InChI is InChI=1S/C18H31NO/c1-3-4-5-6-7-8-11-16(15-19)14-17-12-9-10-13-18(17)20-2/h9-10,12-13,16H,3-8,11,14-15,19H2,1-2H3. The van der Waals surface area contributed by atoms with E-state index in [0.717, 1.165) is 18.7 Å². The Morgan fingerprint density at radius 1 is 1.05 bits per heavy atom. The Morgan fingerprint density at radius 2 is 1.75 bits per heavy atom. The summed E-state index contributed by atoms with van der Waals surface area (Å²) in [6.07, 6.45) is 10.4. The van der Waals surface area contributed by atoms with Crippen LogP contribution in [0.5, 0.6) is 5.75 Å². The minimum atomic E-state index is 0.581. The van der Waals surface area contributed by atoms with Crippen molar-refractivity contribution in [1.82, 2.24) is 0 Å². The molecule has 1 atom stereocenters. The molecule has 2 nitrogen and oxygen atoms in total. The molecule has 0 aliphatic carbocycles. The minimum absolute atomic E-state index is 0.581. The summed E-state index contributed by atoms with van der Waals surface area (Å²) >= 11 is 0. The van der Waals surface area contributed by atoms with Crippen molar-refractivity contribution in [3.8, 4) is 5.75 Å². The third-order valence-electron chi connectivity index (χ3n) is 4.00. The molecule has 0 radical (unpaired) electrons. The average Bonchev–Trinajstić information content (AvgIpc) is 2.50. The van der Waals surface area contributed by atoms with Crippen molar-refractivity contribution >= 4 is 0 Å². The predicted octanol–water partition coefficient (Wildman–Crippen LogP) is 4.56. The van der Waals surface area contributed by atoms with E-state index in [9.17, 15) is 0 Å². The number of nitrogens with two attached hydrogens (primary N) is 1. The smallest absolute Gasteiger partial charge is 0.122 e. The molecular weight excluding hydrogens is 246 g/mol. The molecule has 0 saturated heterocycles. The third-order valence-corrected chi connectivity index (χ3v) is 4.00. The van der Waals surface area contributed by atoms with Crippen LogP contribution in [0.15, 0.2) is 24.3 Å². The first-order chi connectivity index (χ1) is 9.81. The van der Waals surface area contributed by atoms with Crippen molar-refractivity contribution in [2.75, 3.05) is 13.7 Å². The highest BCUT2D eigenvalue weighted by molar-refractivity contribution is 5.33. The van der Waals surface area contributed by atoms with E-state index >= 15 is 0 Å². The molecule has 0 bridgehead atoms. The van der Waals surface area contributed by atoms with Gasteiger partial charge >= 0.3 is 0 Å². The molecule has 0 aliphatic rings. The molecule has 1 unspecified atom stereocenters. The summed E-state index contributed by atoms with van der Waals surface area (Å²) in [5, 5.41) is 0. The molecule has 20 heavy (non-hydrogen) atoms. The van der Waals surface area contributed by atoms with Crippen LogP contribution in [0.1, 0.15) is 57.4 Å². The molecule has 0 amide bonds. The number of benzene rings is 1. The molecule has 0 spiro atoms. The Bertz CT molecular complexity index is 351. The molecule has 114 valence electrons. The fraction of sp³-hybridized carbons (Fsp3) is 0.667. The normalized spacial score (nSPS) is 12.3. The zero-order valence-electron chi connectivity index (χ0n) is 13.2. The molecule has 0 heterocycles. The first kappa shape index (κ1) is 17.0. The number of methoxy groups -OCH3 is 1. The maximum atomic E-state index is 5.93. The van der Waals surface area contributed by atoms with Gasteiger partial charge in [0.1, 0.15) is 5.75 Å². The average molecular weight is 277 g/mol. The molecule has 0 aromatic heterocycles. The van der Waals surface area contributed by atoms with Crippen molar-refractivity contribution in [3.05, 3.63) is 29.8 Å². The summed E-state index contributed by atoms with van der Waals surface area (Å²) < 4.78 is 5.42. The van der Waals surface area contributed by atoms with Crippen molar-refractivity contribution in [1.29, 1.82) is 0 Å². The molecule has 0 fully saturated rings. The minimum Gasteiger partial charge on any atom is -0.496 e. The number of para-hydroxylation sites is 1. The maximum absolute atomic E-state index is 5.93. The number of hydrogen-bond donors (Lipinski definition) is 1. The molecule has 2 N–H and O–H groups in total. The van der Waals surface area contributed by atoms with E-state index in [1.165, 1.54) is 50.5 Å².